The summed E-state index contributed by atoms with van der Waals surface area (Å²) in [7, 11) is 0. The highest BCUT2D eigenvalue weighted by Crippen LogP contribution is 2.44. The average molecular weight is 377 g/mol. The molecule has 0 bridgehead atoms. The molecule has 0 aromatic heterocycles. The van der Waals surface area contributed by atoms with E-state index >= 15 is 0 Å². The summed E-state index contributed by atoms with van der Waals surface area (Å²) in [4.78, 5) is 4.79. The van der Waals surface area contributed by atoms with E-state index in [1.165, 1.54) is 45.0 Å². The smallest absolute Gasteiger partial charge is 0.100 e. The molecule has 0 radical (unpaired) electrons. The third kappa shape index (κ3) is 3.07. The van der Waals surface area contributed by atoms with Crippen molar-refractivity contribution in [2.75, 3.05) is 16.5 Å². The van der Waals surface area contributed by atoms with Gasteiger partial charge in [-0.1, -0.05) is 66.7 Å². The van der Waals surface area contributed by atoms with Crippen molar-refractivity contribution in [1.29, 1.82) is 0 Å². The summed E-state index contributed by atoms with van der Waals surface area (Å²) in [5.41, 5.74) is 10.1. The minimum atomic E-state index is 0.813. The maximum absolute atomic E-state index is 2.40. The minimum absolute atomic E-state index is 0.813. The van der Waals surface area contributed by atoms with Crippen LogP contribution in [-0.4, -0.2) is 6.67 Å². The predicted octanol–water partition coefficient (Wildman–Crippen LogP) is 7.22. The van der Waals surface area contributed by atoms with Crippen LogP contribution in [0.1, 0.15) is 11.1 Å². The molecule has 0 aliphatic carbocycles. The molecule has 0 saturated heterocycles. The van der Waals surface area contributed by atoms with Gasteiger partial charge in [-0.2, -0.15) is 0 Å². The van der Waals surface area contributed by atoms with Crippen LogP contribution in [0.4, 0.5) is 22.7 Å². The molecule has 4 aromatic carbocycles. The van der Waals surface area contributed by atoms with Gasteiger partial charge < -0.3 is 9.80 Å². The zero-order chi connectivity index (χ0) is 19.8. The highest BCUT2D eigenvalue weighted by molar-refractivity contribution is 5.87. The van der Waals surface area contributed by atoms with Gasteiger partial charge in [0.05, 0.1) is 11.4 Å². The van der Waals surface area contributed by atoms with Gasteiger partial charge in [-0.05, 0) is 66.4 Å². The average Bonchev–Trinajstić information content (AvgIpc) is 3.14. The van der Waals surface area contributed by atoms with E-state index in [0.717, 1.165) is 6.67 Å². The zero-order valence-electron chi connectivity index (χ0n) is 16.8. The van der Waals surface area contributed by atoms with Crippen molar-refractivity contribution >= 4 is 22.7 Å². The quantitative estimate of drug-likeness (QED) is 0.372. The summed E-state index contributed by atoms with van der Waals surface area (Å²) >= 11 is 0. The van der Waals surface area contributed by atoms with E-state index in [-0.39, 0.29) is 0 Å². The van der Waals surface area contributed by atoms with Crippen molar-refractivity contribution < 1.29 is 0 Å². The molecule has 29 heavy (non-hydrogen) atoms. The Morgan fingerprint density at radius 1 is 0.517 bits per heavy atom. The molecule has 2 heteroatoms. The number of anilines is 4. The topological polar surface area (TPSA) is 6.48 Å². The van der Waals surface area contributed by atoms with Gasteiger partial charge in [0, 0.05) is 11.4 Å². The Hall–Kier alpha value is -3.52. The number of para-hydroxylation sites is 3. The number of benzene rings is 4. The molecule has 0 spiro atoms. The van der Waals surface area contributed by atoms with Crippen molar-refractivity contribution in [2.45, 2.75) is 13.8 Å². The Morgan fingerprint density at radius 3 is 1.72 bits per heavy atom. The van der Waals surface area contributed by atoms with Crippen molar-refractivity contribution in [2.24, 2.45) is 0 Å². The molecule has 142 valence electrons. The normalized spacial score (nSPS) is 12.9. The molecule has 0 fully saturated rings. The molecular weight excluding hydrogens is 352 g/mol. The number of hydrogen-bond donors (Lipinski definition) is 0. The third-order valence-corrected chi connectivity index (χ3v) is 5.79. The van der Waals surface area contributed by atoms with E-state index < -0.39 is 0 Å². The van der Waals surface area contributed by atoms with Crippen LogP contribution in [0.2, 0.25) is 0 Å². The second-order valence-electron chi connectivity index (χ2n) is 7.63. The molecular formula is C27H24N2. The Labute approximate surface area is 172 Å². The molecule has 0 amide bonds. The third-order valence-electron chi connectivity index (χ3n) is 5.79. The number of rotatable bonds is 3. The predicted molar refractivity (Wildman–Crippen MR) is 123 cm³/mol. The van der Waals surface area contributed by atoms with Gasteiger partial charge in [0.15, 0.2) is 0 Å². The molecule has 1 heterocycles. The summed E-state index contributed by atoms with van der Waals surface area (Å²) < 4.78 is 0. The van der Waals surface area contributed by atoms with Crippen LogP contribution in [0.15, 0.2) is 97.1 Å². The second-order valence-corrected chi connectivity index (χ2v) is 7.63. The summed E-state index contributed by atoms with van der Waals surface area (Å²) in [6, 6.07) is 34.8. The zero-order valence-corrected chi connectivity index (χ0v) is 16.8. The molecule has 5 rings (SSSR count). The lowest BCUT2D eigenvalue weighted by molar-refractivity contribution is 0.986. The molecule has 0 N–H and O–H groups in total. The Balaban J connectivity index is 1.52. The first-order chi connectivity index (χ1) is 14.2. The first-order valence-electron chi connectivity index (χ1n) is 10.1. The largest absolute Gasteiger partial charge is 0.321 e. The fourth-order valence-corrected chi connectivity index (χ4v) is 4.23. The molecule has 1 aliphatic rings. The van der Waals surface area contributed by atoms with Gasteiger partial charge in [-0.3, -0.25) is 0 Å². The van der Waals surface area contributed by atoms with Crippen molar-refractivity contribution in [3.8, 4) is 11.1 Å². The molecule has 0 unspecified atom stereocenters. The SMILES string of the molecule is Cc1ccccc1-c1ccc(N2CN(c3ccccc3C)c3ccccc32)cc1. The Kier molecular flexibility index (Phi) is 4.33. The lowest BCUT2D eigenvalue weighted by atomic mass is 10.0. The lowest BCUT2D eigenvalue weighted by Gasteiger charge is -2.23. The van der Waals surface area contributed by atoms with Gasteiger partial charge in [0.1, 0.15) is 6.67 Å². The molecule has 0 atom stereocenters. The molecule has 1 aliphatic heterocycles. The first kappa shape index (κ1) is 17.6. The van der Waals surface area contributed by atoms with Crippen LogP contribution in [-0.2, 0) is 0 Å². The highest BCUT2D eigenvalue weighted by atomic mass is 15.4. The van der Waals surface area contributed by atoms with Crippen LogP contribution in [0, 0.1) is 13.8 Å². The minimum Gasteiger partial charge on any atom is -0.321 e. The van der Waals surface area contributed by atoms with E-state index in [0.29, 0.717) is 0 Å². The van der Waals surface area contributed by atoms with E-state index in [1.807, 2.05) is 0 Å². The standard InChI is InChI=1S/C27H24N2/c1-20-9-3-5-11-24(20)22-15-17-23(18-16-22)28-19-29(25-12-6-4-10-21(25)2)27-14-8-7-13-26(27)28/h3-18H,19H2,1-2H3. The van der Waals surface area contributed by atoms with E-state index in [4.69, 9.17) is 0 Å². The van der Waals surface area contributed by atoms with Gasteiger partial charge in [0.25, 0.3) is 0 Å². The van der Waals surface area contributed by atoms with Crippen molar-refractivity contribution in [3.05, 3.63) is 108 Å². The van der Waals surface area contributed by atoms with E-state index in [1.54, 1.807) is 0 Å². The number of aryl methyl sites for hydroxylation is 2. The van der Waals surface area contributed by atoms with Crippen molar-refractivity contribution in [1.82, 2.24) is 0 Å². The van der Waals surface area contributed by atoms with Crippen molar-refractivity contribution in [3.63, 3.8) is 0 Å². The van der Waals surface area contributed by atoms with Crippen LogP contribution < -0.4 is 9.80 Å². The fraction of sp³-hybridized carbons (Fsp3) is 0.111. The van der Waals surface area contributed by atoms with E-state index in [2.05, 4.69) is 121 Å². The van der Waals surface area contributed by atoms with Crippen LogP contribution in [0.25, 0.3) is 11.1 Å². The van der Waals surface area contributed by atoms with Gasteiger partial charge in [-0.25, -0.2) is 0 Å². The monoisotopic (exact) mass is 376 g/mol. The van der Waals surface area contributed by atoms with Gasteiger partial charge in [-0.15, -0.1) is 0 Å². The van der Waals surface area contributed by atoms with Crippen LogP contribution in [0.3, 0.4) is 0 Å². The fourth-order valence-electron chi connectivity index (χ4n) is 4.23. The number of fused-ring (bicyclic) bond motifs is 1. The Bertz CT molecular complexity index is 1160. The number of hydrogen-bond acceptors (Lipinski definition) is 2. The summed E-state index contributed by atoms with van der Waals surface area (Å²) in [6.07, 6.45) is 0. The Morgan fingerprint density at radius 2 is 1.07 bits per heavy atom. The van der Waals surface area contributed by atoms with Crippen LogP contribution >= 0.6 is 0 Å². The number of nitrogens with zero attached hydrogens (tertiary/aromatic N) is 2. The van der Waals surface area contributed by atoms with Gasteiger partial charge >= 0.3 is 0 Å². The molecule has 2 nitrogen and oxygen atoms in total. The second kappa shape index (κ2) is 7.14. The lowest BCUT2D eigenvalue weighted by Crippen LogP contribution is -2.24. The summed E-state index contributed by atoms with van der Waals surface area (Å²) in [6.45, 7) is 5.16. The highest BCUT2D eigenvalue weighted by Gasteiger charge is 2.28. The summed E-state index contributed by atoms with van der Waals surface area (Å²) in [5.74, 6) is 0. The molecule has 0 saturated carbocycles. The van der Waals surface area contributed by atoms with E-state index in [9.17, 15) is 0 Å². The maximum atomic E-state index is 2.40. The first-order valence-corrected chi connectivity index (χ1v) is 10.1. The van der Waals surface area contributed by atoms with Gasteiger partial charge in [0.2, 0.25) is 0 Å². The molecule has 4 aromatic rings. The van der Waals surface area contributed by atoms with Crippen LogP contribution in [0.5, 0.6) is 0 Å². The maximum Gasteiger partial charge on any atom is 0.100 e. The summed E-state index contributed by atoms with van der Waals surface area (Å²) in [5, 5.41) is 0.